The van der Waals surface area contributed by atoms with Crippen LogP contribution in [0.1, 0.15) is 6.92 Å². The van der Waals surface area contributed by atoms with Crippen LogP contribution in [0.25, 0.3) is 0 Å². The molecule has 0 aromatic rings. The van der Waals surface area contributed by atoms with Gasteiger partial charge in [0.05, 0.1) is 12.6 Å². The first-order chi connectivity index (χ1) is 8.11. The molecular formula is C12H23N3O2. The van der Waals surface area contributed by atoms with Gasteiger partial charge in [-0.1, -0.05) is 6.08 Å². The van der Waals surface area contributed by atoms with Gasteiger partial charge in [-0.25, -0.2) is 0 Å². The molecule has 0 aliphatic carbocycles. The van der Waals surface area contributed by atoms with E-state index in [4.69, 9.17) is 0 Å². The molecule has 1 unspecified atom stereocenters. The first-order valence-electron chi connectivity index (χ1n) is 6.12. The number of hydrogen-bond acceptors (Lipinski definition) is 4. The summed E-state index contributed by atoms with van der Waals surface area (Å²) in [5, 5.41) is 12.1. The number of hydrogen-bond donors (Lipinski definition) is 2. The van der Waals surface area contributed by atoms with E-state index in [-0.39, 0.29) is 12.0 Å². The first kappa shape index (κ1) is 14.2. The van der Waals surface area contributed by atoms with E-state index < -0.39 is 0 Å². The highest BCUT2D eigenvalue weighted by atomic mass is 16.3. The van der Waals surface area contributed by atoms with Crippen molar-refractivity contribution in [1.82, 2.24) is 15.1 Å². The maximum absolute atomic E-state index is 11.5. The quantitative estimate of drug-likeness (QED) is 0.603. The van der Waals surface area contributed by atoms with E-state index in [1.165, 1.54) is 0 Å². The maximum atomic E-state index is 11.5. The summed E-state index contributed by atoms with van der Waals surface area (Å²) in [7, 11) is 0. The number of rotatable bonds is 6. The molecule has 0 spiro atoms. The summed E-state index contributed by atoms with van der Waals surface area (Å²) in [4.78, 5) is 15.8. The smallest absolute Gasteiger partial charge is 0.234 e. The second-order valence-corrected chi connectivity index (χ2v) is 4.52. The van der Waals surface area contributed by atoms with Gasteiger partial charge in [-0.3, -0.25) is 14.6 Å². The van der Waals surface area contributed by atoms with E-state index in [1.807, 2.05) is 0 Å². The van der Waals surface area contributed by atoms with E-state index in [2.05, 4.69) is 21.7 Å². The standard InChI is InChI=1S/C12H23N3O2/c1-3-4-13-12(17)10-15-7-5-14(6-8-15)9-11(2)16/h3,11,16H,1,4-10H2,2H3,(H,13,17). The Hall–Kier alpha value is -0.910. The second kappa shape index (κ2) is 7.42. The summed E-state index contributed by atoms with van der Waals surface area (Å²) in [6, 6.07) is 0. The van der Waals surface area contributed by atoms with E-state index in [0.29, 0.717) is 13.1 Å². The zero-order valence-electron chi connectivity index (χ0n) is 10.6. The van der Waals surface area contributed by atoms with Crippen molar-refractivity contribution in [1.29, 1.82) is 0 Å². The van der Waals surface area contributed by atoms with Crippen molar-refractivity contribution in [3.63, 3.8) is 0 Å². The number of β-amino-alcohol motifs (C(OH)–C–C–N with tert-alkyl or cyclic N) is 1. The maximum Gasteiger partial charge on any atom is 0.234 e. The molecule has 1 saturated heterocycles. The van der Waals surface area contributed by atoms with Crippen molar-refractivity contribution in [3.05, 3.63) is 12.7 Å². The minimum absolute atomic E-state index is 0.0499. The number of nitrogens with zero attached hydrogens (tertiary/aromatic N) is 2. The monoisotopic (exact) mass is 241 g/mol. The molecule has 1 fully saturated rings. The van der Waals surface area contributed by atoms with Crippen molar-refractivity contribution in [3.8, 4) is 0 Å². The highest BCUT2D eigenvalue weighted by Gasteiger charge is 2.19. The molecule has 2 N–H and O–H groups in total. The van der Waals surface area contributed by atoms with Crippen LogP contribution in [-0.4, -0.2) is 72.7 Å². The zero-order chi connectivity index (χ0) is 12.7. The third-order valence-electron chi connectivity index (χ3n) is 2.80. The van der Waals surface area contributed by atoms with Crippen LogP contribution in [0.3, 0.4) is 0 Å². The number of nitrogens with one attached hydrogen (secondary N) is 1. The summed E-state index contributed by atoms with van der Waals surface area (Å²) in [6.45, 7) is 10.7. The van der Waals surface area contributed by atoms with Crippen molar-refractivity contribution < 1.29 is 9.90 Å². The number of carbonyl (C=O) groups is 1. The van der Waals surface area contributed by atoms with Crippen LogP contribution >= 0.6 is 0 Å². The topological polar surface area (TPSA) is 55.8 Å². The zero-order valence-corrected chi connectivity index (χ0v) is 10.6. The predicted octanol–water partition coefficient (Wildman–Crippen LogP) is -0.713. The Morgan fingerprint density at radius 3 is 2.53 bits per heavy atom. The third kappa shape index (κ3) is 5.81. The highest BCUT2D eigenvalue weighted by Crippen LogP contribution is 2.02. The van der Waals surface area contributed by atoms with E-state index >= 15 is 0 Å². The Morgan fingerprint density at radius 2 is 2.00 bits per heavy atom. The number of aliphatic hydroxyl groups excluding tert-OH is 1. The molecule has 0 radical (unpaired) electrons. The molecule has 1 rings (SSSR count). The van der Waals surface area contributed by atoms with E-state index in [0.717, 1.165) is 32.7 Å². The SMILES string of the molecule is C=CCNC(=O)CN1CCN(CC(C)O)CC1. The van der Waals surface area contributed by atoms with E-state index in [1.54, 1.807) is 13.0 Å². The molecule has 5 heteroatoms. The first-order valence-corrected chi connectivity index (χ1v) is 6.12. The number of aliphatic hydroxyl groups is 1. The molecule has 5 nitrogen and oxygen atoms in total. The van der Waals surface area contributed by atoms with Crippen LogP contribution in [0.4, 0.5) is 0 Å². The number of piperazine rings is 1. The Kier molecular flexibility index (Phi) is 6.18. The van der Waals surface area contributed by atoms with Gasteiger partial charge >= 0.3 is 0 Å². The Balaban J connectivity index is 2.18. The van der Waals surface area contributed by atoms with Crippen LogP contribution in [0, 0.1) is 0 Å². The lowest BCUT2D eigenvalue weighted by atomic mass is 10.2. The molecule has 1 atom stereocenters. The summed E-state index contributed by atoms with van der Waals surface area (Å²) < 4.78 is 0. The molecule has 0 aromatic heterocycles. The fourth-order valence-corrected chi connectivity index (χ4v) is 1.95. The molecule has 0 saturated carbocycles. The summed E-state index contributed by atoms with van der Waals surface area (Å²) >= 11 is 0. The fraction of sp³-hybridized carbons (Fsp3) is 0.750. The molecule has 1 aliphatic rings. The molecule has 0 aromatic carbocycles. The molecule has 1 amide bonds. The Bertz CT molecular complexity index is 248. The van der Waals surface area contributed by atoms with Crippen LogP contribution in [0.15, 0.2) is 12.7 Å². The number of carbonyl (C=O) groups excluding carboxylic acids is 1. The van der Waals surface area contributed by atoms with Gasteiger partial charge in [0.1, 0.15) is 0 Å². The van der Waals surface area contributed by atoms with Gasteiger partial charge in [0.2, 0.25) is 5.91 Å². The minimum Gasteiger partial charge on any atom is -0.392 e. The van der Waals surface area contributed by atoms with E-state index in [9.17, 15) is 9.90 Å². The molecular weight excluding hydrogens is 218 g/mol. The van der Waals surface area contributed by atoms with Crippen LogP contribution < -0.4 is 5.32 Å². The van der Waals surface area contributed by atoms with Gasteiger partial charge in [0.25, 0.3) is 0 Å². The van der Waals surface area contributed by atoms with Crippen molar-refractivity contribution in [2.45, 2.75) is 13.0 Å². The van der Waals surface area contributed by atoms with Crippen LogP contribution in [-0.2, 0) is 4.79 Å². The third-order valence-corrected chi connectivity index (χ3v) is 2.80. The van der Waals surface area contributed by atoms with Gasteiger partial charge in [0.15, 0.2) is 0 Å². The van der Waals surface area contributed by atoms with Gasteiger partial charge in [0, 0.05) is 39.3 Å². The van der Waals surface area contributed by atoms with Crippen molar-refractivity contribution >= 4 is 5.91 Å². The lowest BCUT2D eigenvalue weighted by Crippen LogP contribution is -2.50. The average molecular weight is 241 g/mol. The lowest BCUT2D eigenvalue weighted by molar-refractivity contribution is -0.122. The predicted molar refractivity (Wildman–Crippen MR) is 67.8 cm³/mol. The normalized spacial score (nSPS) is 19.9. The molecule has 98 valence electrons. The van der Waals surface area contributed by atoms with Gasteiger partial charge in [-0.15, -0.1) is 6.58 Å². The van der Waals surface area contributed by atoms with Gasteiger partial charge in [-0.2, -0.15) is 0 Å². The lowest BCUT2D eigenvalue weighted by Gasteiger charge is -2.34. The van der Waals surface area contributed by atoms with Gasteiger partial charge < -0.3 is 10.4 Å². The molecule has 17 heavy (non-hydrogen) atoms. The molecule has 0 bridgehead atoms. The summed E-state index contributed by atoms with van der Waals surface area (Å²) in [6.07, 6.45) is 1.40. The Labute approximate surface area is 103 Å². The Morgan fingerprint density at radius 1 is 1.41 bits per heavy atom. The summed E-state index contributed by atoms with van der Waals surface area (Å²) in [5.41, 5.74) is 0. The minimum atomic E-state index is -0.280. The number of amides is 1. The molecule has 1 heterocycles. The fourth-order valence-electron chi connectivity index (χ4n) is 1.95. The second-order valence-electron chi connectivity index (χ2n) is 4.52. The largest absolute Gasteiger partial charge is 0.392 e. The van der Waals surface area contributed by atoms with Crippen LogP contribution in [0.2, 0.25) is 0 Å². The van der Waals surface area contributed by atoms with Crippen molar-refractivity contribution in [2.24, 2.45) is 0 Å². The summed E-state index contributed by atoms with van der Waals surface area (Å²) in [5.74, 6) is 0.0499. The average Bonchev–Trinajstić information content (AvgIpc) is 2.28. The highest BCUT2D eigenvalue weighted by molar-refractivity contribution is 5.78. The van der Waals surface area contributed by atoms with Crippen molar-refractivity contribution in [2.75, 3.05) is 45.8 Å². The van der Waals surface area contributed by atoms with Crippen LogP contribution in [0.5, 0.6) is 0 Å². The van der Waals surface area contributed by atoms with Gasteiger partial charge in [-0.05, 0) is 6.92 Å². The molecule has 1 aliphatic heterocycles.